The van der Waals surface area contributed by atoms with E-state index in [4.69, 9.17) is 9.26 Å². The van der Waals surface area contributed by atoms with E-state index in [1.54, 1.807) is 17.0 Å². The summed E-state index contributed by atoms with van der Waals surface area (Å²) in [6.45, 7) is 5.42. The average Bonchev–Trinajstić information content (AvgIpc) is 3.24. The normalized spacial score (nSPS) is 14.9. The smallest absolute Gasteiger partial charge is 0.410 e. The van der Waals surface area contributed by atoms with E-state index >= 15 is 0 Å². The van der Waals surface area contributed by atoms with Gasteiger partial charge >= 0.3 is 12.3 Å². The van der Waals surface area contributed by atoms with E-state index in [0.29, 0.717) is 25.3 Å². The lowest BCUT2D eigenvalue weighted by atomic mass is 10.0. The molecule has 1 aromatic heterocycles. The molecule has 0 radical (unpaired) electrons. The fourth-order valence-electron chi connectivity index (χ4n) is 3.84. The number of carbonyl (C=O) groups is 1. The third-order valence-corrected chi connectivity index (χ3v) is 5.80. The standard InChI is InChI=1S/C25H26F3N3O3/c1-18-16-23(34-29-18)10-11-30-12-14-31(15-13-30)24(32)33-22-8-4-20(5-9-22)17-19-2-6-21(7-3-19)25(26,27)28/h2-9,16H,10-15,17H2,1H3. The Balaban J connectivity index is 1.22. The molecule has 34 heavy (non-hydrogen) atoms. The highest BCUT2D eigenvalue weighted by molar-refractivity contribution is 5.70. The summed E-state index contributed by atoms with van der Waals surface area (Å²) in [7, 11) is 0. The topological polar surface area (TPSA) is 58.8 Å². The minimum atomic E-state index is -4.34. The van der Waals surface area contributed by atoms with E-state index < -0.39 is 11.7 Å². The molecule has 0 N–H and O–H groups in total. The molecule has 9 heteroatoms. The number of aryl methyl sites for hydroxylation is 1. The van der Waals surface area contributed by atoms with Crippen molar-refractivity contribution >= 4 is 6.09 Å². The zero-order valence-corrected chi connectivity index (χ0v) is 18.8. The number of ether oxygens (including phenoxy) is 1. The number of halogens is 3. The van der Waals surface area contributed by atoms with Gasteiger partial charge in [-0.05, 0) is 48.7 Å². The zero-order chi connectivity index (χ0) is 24.1. The van der Waals surface area contributed by atoms with Crippen molar-refractivity contribution in [2.45, 2.75) is 25.9 Å². The van der Waals surface area contributed by atoms with Crippen molar-refractivity contribution in [1.82, 2.24) is 15.0 Å². The van der Waals surface area contributed by atoms with Crippen molar-refractivity contribution in [3.05, 3.63) is 82.7 Å². The van der Waals surface area contributed by atoms with Gasteiger partial charge in [0.05, 0.1) is 11.3 Å². The molecule has 0 bridgehead atoms. The number of alkyl halides is 3. The van der Waals surface area contributed by atoms with Crippen LogP contribution in [0, 0.1) is 6.92 Å². The van der Waals surface area contributed by atoms with Crippen molar-refractivity contribution in [1.29, 1.82) is 0 Å². The van der Waals surface area contributed by atoms with E-state index in [-0.39, 0.29) is 6.09 Å². The second kappa shape index (κ2) is 10.3. The predicted octanol–water partition coefficient (Wildman–Crippen LogP) is 4.95. The number of carbonyl (C=O) groups excluding carboxylic acids is 1. The molecule has 0 aliphatic carbocycles. The summed E-state index contributed by atoms with van der Waals surface area (Å²) >= 11 is 0. The molecule has 1 aliphatic heterocycles. The monoisotopic (exact) mass is 473 g/mol. The molecule has 1 saturated heterocycles. The van der Waals surface area contributed by atoms with E-state index in [2.05, 4.69) is 10.1 Å². The molecule has 3 aromatic rings. The molecule has 4 rings (SSSR count). The summed E-state index contributed by atoms with van der Waals surface area (Å²) in [5.74, 6) is 1.30. The van der Waals surface area contributed by atoms with Crippen molar-refractivity contribution in [2.24, 2.45) is 0 Å². The second-order valence-electron chi connectivity index (χ2n) is 8.40. The van der Waals surface area contributed by atoms with Crippen LogP contribution in [-0.4, -0.2) is 53.8 Å². The van der Waals surface area contributed by atoms with E-state index in [9.17, 15) is 18.0 Å². The van der Waals surface area contributed by atoms with Gasteiger partial charge in [0.2, 0.25) is 0 Å². The zero-order valence-electron chi connectivity index (χ0n) is 18.8. The van der Waals surface area contributed by atoms with Gasteiger partial charge < -0.3 is 14.2 Å². The Hall–Kier alpha value is -3.33. The van der Waals surface area contributed by atoms with Crippen LogP contribution in [0.4, 0.5) is 18.0 Å². The van der Waals surface area contributed by atoms with Crippen LogP contribution < -0.4 is 4.74 Å². The van der Waals surface area contributed by atoms with Gasteiger partial charge in [0.1, 0.15) is 11.5 Å². The number of benzene rings is 2. The molecule has 180 valence electrons. The highest BCUT2D eigenvalue weighted by atomic mass is 19.4. The maximum Gasteiger partial charge on any atom is 0.416 e. The lowest BCUT2D eigenvalue weighted by Crippen LogP contribution is -2.49. The van der Waals surface area contributed by atoms with Crippen molar-refractivity contribution in [3.63, 3.8) is 0 Å². The lowest BCUT2D eigenvalue weighted by molar-refractivity contribution is -0.137. The SMILES string of the molecule is Cc1cc(CCN2CCN(C(=O)Oc3ccc(Cc4ccc(C(F)(F)F)cc4)cc3)CC2)on1. The third kappa shape index (κ3) is 6.38. The average molecular weight is 473 g/mol. The number of aromatic nitrogens is 1. The molecular weight excluding hydrogens is 447 g/mol. The number of hydrogen-bond donors (Lipinski definition) is 0. The van der Waals surface area contributed by atoms with Gasteiger partial charge in [0.25, 0.3) is 0 Å². The van der Waals surface area contributed by atoms with Gasteiger partial charge in [-0.15, -0.1) is 0 Å². The summed E-state index contributed by atoms with van der Waals surface area (Å²) in [6, 6.07) is 14.1. The Morgan fingerprint density at radius 2 is 1.62 bits per heavy atom. The molecule has 1 amide bonds. The van der Waals surface area contributed by atoms with Crippen molar-refractivity contribution in [3.8, 4) is 5.75 Å². The van der Waals surface area contributed by atoms with Gasteiger partial charge in [0.15, 0.2) is 0 Å². The summed E-state index contributed by atoms with van der Waals surface area (Å²) < 4.78 is 48.8. The molecule has 6 nitrogen and oxygen atoms in total. The quantitative estimate of drug-likeness (QED) is 0.507. The molecule has 0 saturated carbocycles. The Kier molecular flexibility index (Phi) is 7.21. The third-order valence-electron chi connectivity index (χ3n) is 5.80. The number of nitrogens with zero attached hydrogens (tertiary/aromatic N) is 3. The van der Waals surface area contributed by atoms with Crippen LogP contribution in [0.5, 0.6) is 5.75 Å². The fraction of sp³-hybridized carbons (Fsp3) is 0.360. The predicted molar refractivity (Wildman–Crippen MR) is 120 cm³/mol. The van der Waals surface area contributed by atoms with E-state index in [1.165, 1.54) is 12.1 Å². The van der Waals surface area contributed by atoms with Crippen LogP contribution >= 0.6 is 0 Å². The minimum Gasteiger partial charge on any atom is -0.410 e. The summed E-state index contributed by atoms with van der Waals surface area (Å²) in [4.78, 5) is 16.5. The Labute approximate surface area is 195 Å². The molecule has 1 aliphatic rings. The first-order chi connectivity index (χ1) is 16.3. The molecular formula is C25H26F3N3O3. The number of piperazine rings is 1. The summed E-state index contributed by atoms with van der Waals surface area (Å²) in [5, 5.41) is 3.89. The fourth-order valence-corrected chi connectivity index (χ4v) is 3.84. The second-order valence-corrected chi connectivity index (χ2v) is 8.40. The van der Waals surface area contributed by atoms with Crippen LogP contribution in [0.15, 0.2) is 59.1 Å². The first-order valence-corrected chi connectivity index (χ1v) is 11.1. The Morgan fingerprint density at radius 1 is 1.00 bits per heavy atom. The maximum atomic E-state index is 12.7. The number of amides is 1. The van der Waals surface area contributed by atoms with Gasteiger partial charge in [-0.25, -0.2) is 4.79 Å². The Bertz CT molecular complexity index is 1090. The largest absolute Gasteiger partial charge is 0.416 e. The molecule has 0 atom stereocenters. The molecule has 0 unspecified atom stereocenters. The first kappa shape index (κ1) is 23.8. The molecule has 2 aromatic carbocycles. The number of hydrogen-bond acceptors (Lipinski definition) is 5. The van der Waals surface area contributed by atoms with Crippen LogP contribution in [-0.2, 0) is 19.0 Å². The maximum absolute atomic E-state index is 12.7. The summed E-state index contributed by atoms with van der Waals surface area (Å²) in [6.07, 6.45) is -3.46. The highest BCUT2D eigenvalue weighted by Crippen LogP contribution is 2.29. The van der Waals surface area contributed by atoms with Gasteiger partial charge in [-0.1, -0.05) is 29.4 Å². The van der Waals surface area contributed by atoms with Crippen LogP contribution in [0.3, 0.4) is 0 Å². The van der Waals surface area contributed by atoms with Crippen LogP contribution in [0.2, 0.25) is 0 Å². The molecule has 0 spiro atoms. The van der Waals surface area contributed by atoms with E-state index in [0.717, 1.165) is 60.8 Å². The van der Waals surface area contributed by atoms with E-state index in [1.807, 2.05) is 25.1 Å². The van der Waals surface area contributed by atoms with Gasteiger partial charge in [-0.3, -0.25) is 4.90 Å². The Morgan fingerprint density at radius 3 is 2.18 bits per heavy atom. The lowest BCUT2D eigenvalue weighted by Gasteiger charge is -2.33. The van der Waals surface area contributed by atoms with Crippen LogP contribution in [0.1, 0.15) is 28.1 Å². The van der Waals surface area contributed by atoms with Gasteiger partial charge in [-0.2, -0.15) is 13.2 Å². The number of rotatable bonds is 6. The highest BCUT2D eigenvalue weighted by Gasteiger charge is 2.30. The van der Waals surface area contributed by atoms with Gasteiger partial charge in [0, 0.05) is 45.2 Å². The minimum absolute atomic E-state index is 0.388. The van der Waals surface area contributed by atoms with Crippen LogP contribution in [0.25, 0.3) is 0 Å². The van der Waals surface area contributed by atoms with Crippen molar-refractivity contribution in [2.75, 3.05) is 32.7 Å². The molecule has 2 heterocycles. The molecule has 1 fully saturated rings. The van der Waals surface area contributed by atoms with Crippen molar-refractivity contribution < 1.29 is 27.2 Å². The first-order valence-electron chi connectivity index (χ1n) is 11.1. The summed E-state index contributed by atoms with van der Waals surface area (Å²) in [5.41, 5.74) is 1.89.